The van der Waals surface area contributed by atoms with Crippen LogP contribution in [-0.2, 0) is 0 Å². The molecule has 2 heterocycles. The molecule has 2 nitrogen and oxygen atoms in total. The Kier molecular flexibility index (Phi) is 2.86. The maximum atomic E-state index is 4.86. The summed E-state index contributed by atoms with van der Waals surface area (Å²) in [6, 6.07) is 20.9. The SMILES string of the molecule is Cc1csc2nc(-c3ccccc3)c(-c3ccccc3)n12. The molecule has 0 aliphatic heterocycles. The summed E-state index contributed by atoms with van der Waals surface area (Å²) >= 11 is 1.69. The first-order valence-corrected chi connectivity index (χ1v) is 7.80. The summed E-state index contributed by atoms with van der Waals surface area (Å²) in [5, 5.41) is 2.16. The van der Waals surface area contributed by atoms with Crippen molar-refractivity contribution in [1.82, 2.24) is 9.38 Å². The van der Waals surface area contributed by atoms with Gasteiger partial charge in [-0.2, -0.15) is 0 Å². The van der Waals surface area contributed by atoms with Gasteiger partial charge in [0.15, 0.2) is 4.96 Å². The van der Waals surface area contributed by atoms with Crippen LogP contribution in [0.5, 0.6) is 0 Å². The second kappa shape index (κ2) is 4.86. The zero-order valence-corrected chi connectivity index (χ0v) is 12.5. The van der Waals surface area contributed by atoms with Crippen molar-refractivity contribution in [3.8, 4) is 22.5 Å². The van der Waals surface area contributed by atoms with Gasteiger partial charge >= 0.3 is 0 Å². The van der Waals surface area contributed by atoms with Crippen LogP contribution in [-0.4, -0.2) is 9.38 Å². The Morgan fingerprint density at radius 1 is 0.857 bits per heavy atom. The molecule has 102 valence electrons. The molecular weight excluding hydrogens is 276 g/mol. The molecule has 0 amide bonds. The van der Waals surface area contributed by atoms with Crippen molar-refractivity contribution in [2.24, 2.45) is 0 Å². The Balaban J connectivity index is 2.08. The molecule has 0 N–H and O–H groups in total. The van der Waals surface area contributed by atoms with Crippen molar-refractivity contribution >= 4 is 16.3 Å². The quantitative estimate of drug-likeness (QED) is 0.505. The standard InChI is InChI=1S/C18H14N2S/c1-13-12-21-18-19-16(14-8-4-2-5-9-14)17(20(13)18)15-10-6-3-7-11-15/h2-12H,1H3. The molecule has 0 bridgehead atoms. The number of thiazole rings is 1. The molecule has 2 aromatic heterocycles. The number of nitrogens with zero attached hydrogens (tertiary/aromatic N) is 2. The molecule has 3 heteroatoms. The van der Waals surface area contributed by atoms with Gasteiger partial charge in [0.05, 0.1) is 11.4 Å². The van der Waals surface area contributed by atoms with Crippen LogP contribution in [0.25, 0.3) is 27.5 Å². The Bertz CT molecular complexity index is 889. The van der Waals surface area contributed by atoms with Crippen molar-refractivity contribution in [1.29, 1.82) is 0 Å². The van der Waals surface area contributed by atoms with Crippen molar-refractivity contribution in [2.75, 3.05) is 0 Å². The van der Waals surface area contributed by atoms with Crippen LogP contribution in [0.2, 0.25) is 0 Å². The van der Waals surface area contributed by atoms with Gasteiger partial charge in [0, 0.05) is 22.2 Å². The highest BCUT2D eigenvalue weighted by atomic mass is 32.1. The van der Waals surface area contributed by atoms with Crippen LogP contribution in [0, 0.1) is 6.92 Å². The fourth-order valence-electron chi connectivity index (χ4n) is 2.66. The maximum absolute atomic E-state index is 4.86. The van der Waals surface area contributed by atoms with E-state index in [1.54, 1.807) is 11.3 Å². The molecule has 0 spiro atoms. The number of aromatic nitrogens is 2. The van der Waals surface area contributed by atoms with Gasteiger partial charge in [0.2, 0.25) is 0 Å². The van der Waals surface area contributed by atoms with E-state index in [1.165, 1.54) is 17.0 Å². The van der Waals surface area contributed by atoms with Crippen molar-refractivity contribution in [3.05, 3.63) is 71.7 Å². The van der Waals surface area contributed by atoms with Gasteiger partial charge in [-0.1, -0.05) is 60.7 Å². The van der Waals surface area contributed by atoms with E-state index in [9.17, 15) is 0 Å². The van der Waals surface area contributed by atoms with E-state index in [4.69, 9.17) is 4.98 Å². The molecule has 2 aromatic carbocycles. The summed E-state index contributed by atoms with van der Waals surface area (Å²) in [6.07, 6.45) is 0. The molecule has 0 fully saturated rings. The maximum Gasteiger partial charge on any atom is 0.194 e. The summed E-state index contributed by atoms with van der Waals surface area (Å²) < 4.78 is 2.25. The predicted molar refractivity (Wildman–Crippen MR) is 88.7 cm³/mol. The van der Waals surface area contributed by atoms with Gasteiger partial charge in [-0.15, -0.1) is 11.3 Å². The van der Waals surface area contributed by atoms with Crippen molar-refractivity contribution < 1.29 is 0 Å². The van der Waals surface area contributed by atoms with Crippen LogP contribution >= 0.6 is 11.3 Å². The molecule has 0 saturated carbocycles. The van der Waals surface area contributed by atoms with Gasteiger partial charge < -0.3 is 0 Å². The number of fused-ring (bicyclic) bond motifs is 1. The third-order valence-corrected chi connectivity index (χ3v) is 4.57. The minimum atomic E-state index is 1.05. The molecular formula is C18H14N2S. The lowest BCUT2D eigenvalue weighted by Crippen LogP contribution is -1.90. The molecule has 0 radical (unpaired) electrons. The fraction of sp³-hybridized carbons (Fsp3) is 0.0556. The van der Waals surface area contributed by atoms with Crippen molar-refractivity contribution in [2.45, 2.75) is 6.92 Å². The summed E-state index contributed by atoms with van der Waals surface area (Å²) in [7, 11) is 0. The lowest BCUT2D eigenvalue weighted by molar-refractivity contribution is 1.14. The number of benzene rings is 2. The van der Waals surface area contributed by atoms with Crippen LogP contribution in [0.15, 0.2) is 66.0 Å². The van der Waals surface area contributed by atoms with Gasteiger partial charge in [-0.05, 0) is 6.92 Å². The van der Waals surface area contributed by atoms with Crippen molar-refractivity contribution in [3.63, 3.8) is 0 Å². The summed E-state index contributed by atoms with van der Waals surface area (Å²) in [4.78, 5) is 5.91. The first-order valence-electron chi connectivity index (χ1n) is 6.92. The highest BCUT2D eigenvalue weighted by molar-refractivity contribution is 7.15. The van der Waals surface area contributed by atoms with Crippen LogP contribution in [0.1, 0.15) is 5.69 Å². The summed E-state index contributed by atoms with van der Waals surface area (Å²) in [6.45, 7) is 2.13. The number of hydrogen-bond acceptors (Lipinski definition) is 2. The first kappa shape index (κ1) is 12.4. The number of rotatable bonds is 2. The van der Waals surface area contributed by atoms with E-state index >= 15 is 0 Å². The zero-order valence-electron chi connectivity index (χ0n) is 11.7. The van der Waals surface area contributed by atoms with E-state index in [0.29, 0.717) is 0 Å². The molecule has 0 unspecified atom stereocenters. The number of imidazole rings is 1. The Hall–Kier alpha value is -2.39. The second-order valence-electron chi connectivity index (χ2n) is 5.04. The molecule has 21 heavy (non-hydrogen) atoms. The average Bonchev–Trinajstić information content (AvgIpc) is 3.09. The molecule has 0 aliphatic carbocycles. The average molecular weight is 290 g/mol. The fourth-order valence-corrected chi connectivity index (χ4v) is 3.52. The normalized spacial score (nSPS) is 11.1. The van der Waals surface area contributed by atoms with Crippen LogP contribution < -0.4 is 0 Å². The predicted octanol–water partition coefficient (Wildman–Crippen LogP) is 5.04. The largest absolute Gasteiger partial charge is 0.287 e. The first-order chi connectivity index (χ1) is 10.3. The highest BCUT2D eigenvalue weighted by Gasteiger charge is 2.17. The Labute approximate surface area is 127 Å². The lowest BCUT2D eigenvalue weighted by Gasteiger charge is -2.06. The second-order valence-corrected chi connectivity index (χ2v) is 5.87. The van der Waals surface area contributed by atoms with Gasteiger partial charge in [0.1, 0.15) is 0 Å². The summed E-state index contributed by atoms with van der Waals surface area (Å²) in [5.41, 5.74) is 5.81. The molecule has 0 saturated heterocycles. The Morgan fingerprint density at radius 2 is 1.48 bits per heavy atom. The monoisotopic (exact) mass is 290 g/mol. The van der Waals surface area contributed by atoms with E-state index in [-0.39, 0.29) is 0 Å². The molecule has 0 atom stereocenters. The van der Waals surface area contributed by atoms with Gasteiger partial charge in [-0.3, -0.25) is 4.40 Å². The van der Waals surface area contributed by atoms with Gasteiger partial charge in [-0.25, -0.2) is 4.98 Å². The third kappa shape index (κ3) is 1.98. The number of hydrogen-bond donors (Lipinski definition) is 0. The molecule has 0 aliphatic rings. The minimum Gasteiger partial charge on any atom is -0.287 e. The minimum absolute atomic E-state index is 1.05. The van der Waals surface area contributed by atoms with Crippen LogP contribution in [0.4, 0.5) is 0 Å². The van der Waals surface area contributed by atoms with Crippen LogP contribution in [0.3, 0.4) is 0 Å². The lowest BCUT2D eigenvalue weighted by atomic mass is 10.0. The third-order valence-electron chi connectivity index (χ3n) is 3.63. The zero-order chi connectivity index (χ0) is 14.2. The summed E-state index contributed by atoms with van der Waals surface area (Å²) in [5.74, 6) is 0. The number of aryl methyl sites for hydroxylation is 1. The topological polar surface area (TPSA) is 17.3 Å². The van der Waals surface area contributed by atoms with E-state index in [1.807, 2.05) is 12.1 Å². The molecule has 4 aromatic rings. The molecule has 4 rings (SSSR count). The van der Waals surface area contributed by atoms with E-state index < -0.39 is 0 Å². The highest BCUT2D eigenvalue weighted by Crippen LogP contribution is 2.35. The van der Waals surface area contributed by atoms with E-state index in [2.05, 4.69) is 65.2 Å². The Morgan fingerprint density at radius 3 is 2.14 bits per heavy atom. The van der Waals surface area contributed by atoms with Gasteiger partial charge in [0.25, 0.3) is 0 Å². The van der Waals surface area contributed by atoms with E-state index in [0.717, 1.165) is 16.2 Å². The smallest absolute Gasteiger partial charge is 0.194 e.